The molecule has 1 aliphatic carbocycles. The van der Waals surface area contributed by atoms with E-state index >= 15 is 0 Å². The number of hydrogen-bond donors (Lipinski definition) is 0. The minimum Gasteiger partial charge on any atom is -0.335 e. The van der Waals surface area contributed by atoms with Crippen LogP contribution in [0.1, 0.15) is 34.3 Å². The number of carbonyl (C=O) groups excluding carboxylic acids is 1. The molecule has 2 fully saturated rings. The molecular formula is C20H24N4O. The van der Waals surface area contributed by atoms with Crippen molar-refractivity contribution in [3.63, 3.8) is 0 Å². The summed E-state index contributed by atoms with van der Waals surface area (Å²) in [6, 6.07) is 6.52. The fourth-order valence-corrected chi connectivity index (χ4v) is 3.41. The van der Waals surface area contributed by atoms with E-state index in [1.807, 2.05) is 30.3 Å². The lowest BCUT2D eigenvalue weighted by Gasteiger charge is -2.45. The SMILES string of the molecule is Cc1ccncc1C(=O)N1CC(N(Cc2ccncc2)CC2CC2)C1. The fraction of sp³-hybridized carbons (Fsp3) is 0.450. The van der Waals surface area contributed by atoms with Crippen LogP contribution in [0.25, 0.3) is 0 Å². The highest BCUT2D eigenvalue weighted by molar-refractivity contribution is 5.95. The van der Waals surface area contributed by atoms with Gasteiger partial charge >= 0.3 is 0 Å². The third kappa shape index (κ3) is 3.71. The Labute approximate surface area is 148 Å². The first-order chi connectivity index (χ1) is 12.2. The van der Waals surface area contributed by atoms with Crippen LogP contribution in [0.2, 0.25) is 0 Å². The third-order valence-electron chi connectivity index (χ3n) is 5.26. The highest BCUT2D eigenvalue weighted by Crippen LogP contribution is 2.32. The van der Waals surface area contributed by atoms with Crippen molar-refractivity contribution in [2.45, 2.75) is 32.4 Å². The molecule has 0 N–H and O–H groups in total. The molecule has 5 nitrogen and oxygen atoms in total. The normalized spacial score (nSPS) is 17.6. The van der Waals surface area contributed by atoms with Gasteiger partial charge in [0.1, 0.15) is 0 Å². The van der Waals surface area contributed by atoms with Crippen molar-refractivity contribution in [1.82, 2.24) is 19.8 Å². The lowest BCUT2D eigenvalue weighted by molar-refractivity contribution is 0.0219. The van der Waals surface area contributed by atoms with Crippen molar-refractivity contribution in [3.05, 3.63) is 59.7 Å². The summed E-state index contributed by atoms with van der Waals surface area (Å²) in [6.07, 6.45) is 9.81. The Morgan fingerprint density at radius 2 is 1.88 bits per heavy atom. The minimum absolute atomic E-state index is 0.108. The Bertz CT molecular complexity index is 738. The van der Waals surface area contributed by atoms with Crippen molar-refractivity contribution in [3.8, 4) is 0 Å². The van der Waals surface area contributed by atoms with Gasteiger partial charge in [0.15, 0.2) is 0 Å². The molecule has 0 atom stereocenters. The zero-order chi connectivity index (χ0) is 17.2. The molecule has 1 saturated heterocycles. The van der Waals surface area contributed by atoms with Gasteiger partial charge in [-0.25, -0.2) is 0 Å². The van der Waals surface area contributed by atoms with E-state index in [1.165, 1.54) is 18.4 Å². The predicted octanol–water partition coefficient (Wildman–Crippen LogP) is 2.52. The van der Waals surface area contributed by atoms with Crippen LogP contribution in [-0.4, -0.2) is 51.4 Å². The van der Waals surface area contributed by atoms with E-state index in [-0.39, 0.29) is 5.91 Å². The Morgan fingerprint density at radius 1 is 1.16 bits per heavy atom. The van der Waals surface area contributed by atoms with Crippen LogP contribution in [0, 0.1) is 12.8 Å². The molecule has 0 bridgehead atoms. The summed E-state index contributed by atoms with van der Waals surface area (Å²) in [5.74, 6) is 0.948. The Balaban J connectivity index is 1.39. The topological polar surface area (TPSA) is 49.3 Å². The first-order valence-corrected chi connectivity index (χ1v) is 9.03. The van der Waals surface area contributed by atoms with Crippen molar-refractivity contribution >= 4 is 5.91 Å². The first kappa shape index (κ1) is 16.2. The van der Waals surface area contributed by atoms with Crippen LogP contribution in [-0.2, 0) is 6.54 Å². The molecule has 2 aromatic rings. The van der Waals surface area contributed by atoms with Gasteiger partial charge in [0, 0.05) is 57.0 Å². The Morgan fingerprint density at radius 3 is 2.56 bits per heavy atom. The molecule has 0 radical (unpaired) electrons. The number of rotatable bonds is 6. The lowest BCUT2D eigenvalue weighted by Crippen LogP contribution is -2.61. The second kappa shape index (κ2) is 6.92. The van der Waals surface area contributed by atoms with E-state index in [0.717, 1.165) is 43.2 Å². The largest absolute Gasteiger partial charge is 0.335 e. The molecule has 0 spiro atoms. The number of nitrogens with zero attached hydrogens (tertiary/aromatic N) is 4. The first-order valence-electron chi connectivity index (χ1n) is 9.03. The predicted molar refractivity (Wildman–Crippen MR) is 96.0 cm³/mol. The number of aryl methyl sites for hydroxylation is 1. The van der Waals surface area contributed by atoms with Gasteiger partial charge in [0.25, 0.3) is 5.91 Å². The van der Waals surface area contributed by atoms with Gasteiger partial charge in [-0.3, -0.25) is 19.7 Å². The van der Waals surface area contributed by atoms with Crippen molar-refractivity contribution in [1.29, 1.82) is 0 Å². The van der Waals surface area contributed by atoms with Gasteiger partial charge in [-0.2, -0.15) is 0 Å². The molecule has 0 aromatic carbocycles. The van der Waals surface area contributed by atoms with Crippen LogP contribution in [0.15, 0.2) is 43.0 Å². The molecule has 25 heavy (non-hydrogen) atoms. The van der Waals surface area contributed by atoms with Gasteiger partial charge < -0.3 is 4.90 Å². The van der Waals surface area contributed by atoms with Crippen LogP contribution >= 0.6 is 0 Å². The maximum absolute atomic E-state index is 12.7. The lowest BCUT2D eigenvalue weighted by atomic mass is 10.0. The summed E-state index contributed by atoms with van der Waals surface area (Å²) in [4.78, 5) is 25.4. The van der Waals surface area contributed by atoms with Crippen molar-refractivity contribution < 1.29 is 4.79 Å². The van der Waals surface area contributed by atoms with Crippen LogP contribution < -0.4 is 0 Å². The molecule has 1 aliphatic heterocycles. The Hall–Kier alpha value is -2.27. The summed E-state index contributed by atoms with van der Waals surface area (Å²) >= 11 is 0. The zero-order valence-electron chi connectivity index (χ0n) is 14.6. The second-order valence-corrected chi connectivity index (χ2v) is 7.28. The van der Waals surface area contributed by atoms with E-state index in [4.69, 9.17) is 0 Å². The summed E-state index contributed by atoms with van der Waals surface area (Å²) in [5, 5.41) is 0. The maximum atomic E-state index is 12.7. The number of aromatic nitrogens is 2. The van der Waals surface area contributed by atoms with Gasteiger partial charge in [0.05, 0.1) is 5.56 Å². The third-order valence-corrected chi connectivity index (χ3v) is 5.26. The Kier molecular flexibility index (Phi) is 4.49. The number of likely N-dealkylation sites (tertiary alicyclic amines) is 1. The van der Waals surface area contributed by atoms with Crippen molar-refractivity contribution in [2.24, 2.45) is 5.92 Å². The van der Waals surface area contributed by atoms with Gasteiger partial charge in [-0.1, -0.05) is 0 Å². The summed E-state index contributed by atoms with van der Waals surface area (Å²) in [5.41, 5.74) is 3.02. The van der Waals surface area contributed by atoms with E-state index in [2.05, 4.69) is 27.0 Å². The second-order valence-electron chi connectivity index (χ2n) is 7.28. The van der Waals surface area contributed by atoms with Crippen LogP contribution in [0.4, 0.5) is 0 Å². The molecule has 0 unspecified atom stereocenters. The molecular weight excluding hydrogens is 312 g/mol. The molecule has 1 saturated carbocycles. The average molecular weight is 336 g/mol. The van der Waals surface area contributed by atoms with E-state index < -0.39 is 0 Å². The minimum atomic E-state index is 0.108. The quantitative estimate of drug-likeness (QED) is 0.813. The summed E-state index contributed by atoms with van der Waals surface area (Å²) in [6.45, 7) is 5.67. The van der Waals surface area contributed by atoms with Gasteiger partial charge in [0.2, 0.25) is 0 Å². The highest BCUT2D eigenvalue weighted by atomic mass is 16.2. The summed E-state index contributed by atoms with van der Waals surface area (Å²) < 4.78 is 0. The van der Waals surface area contributed by atoms with Crippen molar-refractivity contribution in [2.75, 3.05) is 19.6 Å². The monoisotopic (exact) mass is 336 g/mol. The van der Waals surface area contributed by atoms with E-state index in [9.17, 15) is 4.79 Å². The standard InChI is InChI=1S/C20H24N4O/c1-15-4-7-22-10-19(15)20(25)24-13-18(14-24)23(11-16-2-3-16)12-17-5-8-21-9-6-17/h4-10,16,18H,2-3,11-14H2,1H3. The maximum Gasteiger partial charge on any atom is 0.255 e. The molecule has 2 aromatic heterocycles. The molecule has 2 aliphatic rings. The van der Waals surface area contributed by atoms with E-state index in [1.54, 1.807) is 12.4 Å². The number of carbonyl (C=O) groups is 1. The van der Waals surface area contributed by atoms with Gasteiger partial charge in [-0.15, -0.1) is 0 Å². The number of hydrogen-bond acceptors (Lipinski definition) is 4. The van der Waals surface area contributed by atoms with E-state index in [0.29, 0.717) is 6.04 Å². The number of pyridine rings is 2. The van der Waals surface area contributed by atoms with Crippen LogP contribution in [0.5, 0.6) is 0 Å². The summed E-state index contributed by atoms with van der Waals surface area (Å²) in [7, 11) is 0. The zero-order valence-corrected chi connectivity index (χ0v) is 14.6. The van der Waals surface area contributed by atoms with Crippen LogP contribution in [0.3, 0.4) is 0 Å². The molecule has 130 valence electrons. The molecule has 1 amide bonds. The fourth-order valence-electron chi connectivity index (χ4n) is 3.41. The molecule has 3 heterocycles. The number of amides is 1. The van der Waals surface area contributed by atoms with Gasteiger partial charge in [-0.05, 0) is 55.0 Å². The average Bonchev–Trinajstić information content (AvgIpc) is 3.38. The molecule has 4 rings (SSSR count). The smallest absolute Gasteiger partial charge is 0.255 e. The molecule has 5 heteroatoms. The highest BCUT2D eigenvalue weighted by Gasteiger charge is 2.37.